The molecule has 2 heterocycles. The number of amides is 3. The molecule has 32 heavy (non-hydrogen) atoms. The van der Waals surface area contributed by atoms with Crippen LogP contribution in [0.15, 0.2) is 79.0 Å². The Morgan fingerprint density at radius 2 is 1.62 bits per heavy atom. The average Bonchev–Trinajstić information content (AvgIpc) is 2.80. The second-order valence-corrected chi connectivity index (χ2v) is 7.88. The number of nitrogens with one attached hydrogen (secondary N) is 1. The Morgan fingerprint density at radius 1 is 1.03 bits per heavy atom. The number of halogens is 1. The third kappa shape index (κ3) is 4.33. The summed E-state index contributed by atoms with van der Waals surface area (Å²) in [7, 11) is 0. The molecule has 2 atom stereocenters. The van der Waals surface area contributed by atoms with E-state index in [0.29, 0.717) is 5.56 Å². The first-order chi connectivity index (χ1) is 15.5. The molecule has 0 aliphatic carbocycles. The standard InChI is InChI=1S/C24H20ClN3O4/c25-19-14-15(11-12-26-19)13-18-21(23(30)31)28(22(18)29)24(32)27-20(16-7-3-1-4-8-16)17-9-5-2-6-10-17/h1-12,14,18,20-21H,13H2,(H,27,32)(H,30,31). The number of imide groups is 1. The van der Waals surface area contributed by atoms with Gasteiger partial charge in [0, 0.05) is 6.20 Å². The smallest absolute Gasteiger partial charge is 0.327 e. The maximum atomic E-state index is 13.1. The largest absolute Gasteiger partial charge is 0.480 e. The summed E-state index contributed by atoms with van der Waals surface area (Å²) in [5.41, 5.74) is 2.31. The molecule has 0 saturated carbocycles. The maximum Gasteiger partial charge on any atom is 0.327 e. The molecule has 1 aromatic heterocycles. The van der Waals surface area contributed by atoms with Gasteiger partial charge in [0.2, 0.25) is 5.91 Å². The predicted octanol–water partition coefficient (Wildman–Crippen LogP) is 3.69. The van der Waals surface area contributed by atoms with Crippen LogP contribution in [0.5, 0.6) is 0 Å². The molecule has 1 saturated heterocycles. The lowest BCUT2D eigenvalue weighted by Crippen LogP contribution is -2.68. The van der Waals surface area contributed by atoms with Crippen LogP contribution in [-0.4, -0.2) is 38.9 Å². The lowest BCUT2D eigenvalue weighted by atomic mass is 9.82. The third-order valence-electron chi connectivity index (χ3n) is 5.47. The van der Waals surface area contributed by atoms with Crippen LogP contribution in [0.25, 0.3) is 0 Å². The molecular weight excluding hydrogens is 430 g/mol. The van der Waals surface area contributed by atoms with E-state index in [1.54, 1.807) is 12.1 Å². The van der Waals surface area contributed by atoms with Crippen LogP contribution in [0.1, 0.15) is 22.7 Å². The Bertz CT molecular complexity index is 1100. The van der Waals surface area contributed by atoms with E-state index in [2.05, 4.69) is 10.3 Å². The summed E-state index contributed by atoms with van der Waals surface area (Å²) in [6, 6.07) is 19.3. The van der Waals surface area contributed by atoms with Crippen molar-refractivity contribution < 1.29 is 19.5 Å². The molecular formula is C24H20ClN3O4. The fourth-order valence-corrected chi connectivity index (χ4v) is 4.12. The Morgan fingerprint density at radius 3 is 2.16 bits per heavy atom. The lowest BCUT2D eigenvalue weighted by Gasteiger charge is -2.43. The van der Waals surface area contributed by atoms with Crippen molar-refractivity contribution in [2.75, 3.05) is 0 Å². The van der Waals surface area contributed by atoms with Gasteiger partial charge in [-0.1, -0.05) is 72.3 Å². The maximum absolute atomic E-state index is 13.1. The molecule has 2 aromatic carbocycles. The van der Waals surface area contributed by atoms with Gasteiger partial charge in [-0.3, -0.25) is 4.79 Å². The first-order valence-electron chi connectivity index (χ1n) is 10.0. The molecule has 0 bridgehead atoms. The number of nitrogens with zero attached hydrogens (tertiary/aromatic N) is 2. The zero-order valence-corrected chi connectivity index (χ0v) is 17.6. The highest BCUT2D eigenvalue weighted by molar-refractivity contribution is 6.29. The van der Waals surface area contributed by atoms with Crippen LogP contribution in [0.4, 0.5) is 4.79 Å². The SMILES string of the molecule is O=C(O)C1C(Cc2ccnc(Cl)c2)C(=O)N1C(=O)NC(c1ccccc1)c1ccccc1. The number of carboxylic acid groups (broad SMARTS) is 1. The van der Waals surface area contributed by atoms with Crippen molar-refractivity contribution in [3.05, 3.63) is 101 Å². The van der Waals surface area contributed by atoms with Crippen molar-refractivity contribution in [3.63, 3.8) is 0 Å². The Kier molecular flexibility index (Phi) is 6.18. The highest BCUT2D eigenvalue weighted by atomic mass is 35.5. The number of carbonyl (C=O) groups is 3. The number of likely N-dealkylation sites (tertiary alicyclic amines) is 1. The number of pyridine rings is 1. The van der Waals surface area contributed by atoms with Gasteiger partial charge < -0.3 is 10.4 Å². The molecule has 1 aliphatic heterocycles. The van der Waals surface area contributed by atoms with Crippen molar-refractivity contribution in [2.45, 2.75) is 18.5 Å². The van der Waals surface area contributed by atoms with E-state index in [1.807, 2.05) is 60.7 Å². The van der Waals surface area contributed by atoms with E-state index >= 15 is 0 Å². The molecule has 3 aromatic rings. The highest BCUT2D eigenvalue weighted by Gasteiger charge is 2.54. The van der Waals surface area contributed by atoms with Crippen LogP contribution < -0.4 is 5.32 Å². The minimum atomic E-state index is -1.26. The minimum Gasteiger partial charge on any atom is -0.480 e. The number of hydrogen-bond donors (Lipinski definition) is 2. The molecule has 7 nitrogen and oxygen atoms in total. The molecule has 3 amide bonds. The predicted molar refractivity (Wildman–Crippen MR) is 118 cm³/mol. The molecule has 1 aliphatic rings. The van der Waals surface area contributed by atoms with Gasteiger partial charge in [-0.2, -0.15) is 0 Å². The monoisotopic (exact) mass is 449 g/mol. The van der Waals surface area contributed by atoms with Gasteiger partial charge in [0.05, 0.1) is 12.0 Å². The number of aromatic nitrogens is 1. The summed E-state index contributed by atoms with van der Waals surface area (Å²) in [5.74, 6) is -2.63. The van der Waals surface area contributed by atoms with E-state index in [1.165, 1.54) is 6.20 Å². The van der Waals surface area contributed by atoms with E-state index in [9.17, 15) is 19.5 Å². The quantitative estimate of drug-likeness (QED) is 0.441. The summed E-state index contributed by atoms with van der Waals surface area (Å²) >= 11 is 5.89. The zero-order valence-electron chi connectivity index (χ0n) is 16.9. The molecule has 8 heteroatoms. The van der Waals surface area contributed by atoms with Gasteiger partial charge in [0.15, 0.2) is 6.04 Å². The first kappa shape index (κ1) is 21.5. The van der Waals surface area contributed by atoms with Crippen molar-refractivity contribution in [3.8, 4) is 0 Å². The molecule has 2 unspecified atom stereocenters. The van der Waals surface area contributed by atoms with Crippen LogP contribution in [0.3, 0.4) is 0 Å². The second-order valence-electron chi connectivity index (χ2n) is 7.49. The van der Waals surface area contributed by atoms with Gasteiger partial charge in [-0.15, -0.1) is 0 Å². The number of carboxylic acids is 1. The number of rotatable bonds is 6. The third-order valence-corrected chi connectivity index (χ3v) is 5.67. The van der Waals surface area contributed by atoms with Gasteiger partial charge in [-0.05, 0) is 35.2 Å². The van der Waals surface area contributed by atoms with E-state index in [0.717, 1.165) is 16.0 Å². The van der Waals surface area contributed by atoms with Crippen LogP contribution in [0, 0.1) is 5.92 Å². The molecule has 0 spiro atoms. The summed E-state index contributed by atoms with van der Waals surface area (Å²) in [4.78, 5) is 42.5. The van der Waals surface area contributed by atoms with Crippen LogP contribution in [0.2, 0.25) is 5.15 Å². The lowest BCUT2D eigenvalue weighted by molar-refractivity contribution is -0.165. The minimum absolute atomic E-state index is 0.155. The van der Waals surface area contributed by atoms with Crippen LogP contribution >= 0.6 is 11.6 Å². The fraction of sp³-hybridized carbons (Fsp3) is 0.167. The number of carbonyl (C=O) groups excluding carboxylic acids is 2. The van der Waals surface area contributed by atoms with Crippen LogP contribution in [-0.2, 0) is 16.0 Å². The molecule has 2 N–H and O–H groups in total. The fourth-order valence-electron chi connectivity index (χ4n) is 3.92. The van der Waals surface area contributed by atoms with Gasteiger partial charge >= 0.3 is 12.0 Å². The number of aliphatic carboxylic acids is 1. The second kappa shape index (κ2) is 9.20. The van der Waals surface area contributed by atoms with Gasteiger partial charge in [-0.25, -0.2) is 19.5 Å². The van der Waals surface area contributed by atoms with E-state index in [-0.39, 0.29) is 11.6 Å². The van der Waals surface area contributed by atoms with Gasteiger partial charge in [0.1, 0.15) is 5.15 Å². The Labute approximate surface area is 189 Å². The first-order valence-corrected chi connectivity index (χ1v) is 10.4. The van der Waals surface area contributed by atoms with E-state index < -0.39 is 35.9 Å². The number of benzene rings is 2. The van der Waals surface area contributed by atoms with Crippen molar-refractivity contribution in [1.29, 1.82) is 0 Å². The molecule has 0 radical (unpaired) electrons. The summed E-state index contributed by atoms with van der Waals surface area (Å²) in [5, 5.41) is 12.8. The number of hydrogen-bond acceptors (Lipinski definition) is 4. The number of urea groups is 1. The Balaban J connectivity index is 1.56. The molecule has 162 valence electrons. The zero-order chi connectivity index (χ0) is 22.7. The summed E-state index contributed by atoms with van der Waals surface area (Å²) in [6.45, 7) is 0. The topological polar surface area (TPSA) is 99.6 Å². The Hall–Kier alpha value is -3.71. The molecule has 1 fully saturated rings. The normalized spacial score (nSPS) is 17.7. The molecule has 4 rings (SSSR count). The van der Waals surface area contributed by atoms with E-state index in [4.69, 9.17) is 11.6 Å². The number of β-lactam (4-membered cyclic amide) rings is 1. The summed E-state index contributed by atoms with van der Waals surface area (Å²) in [6.07, 6.45) is 1.65. The average molecular weight is 450 g/mol. The highest BCUT2D eigenvalue weighted by Crippen LogP contribution is 2.32. The van der Waals surface area contributed by atoms with Crippen molar-refractivity contribution in [2.24, 2.45) is 5.92 Å². The summed E-state index contributed by atoms with van der Waals surface area (Å²) < 4.78 is 0. The van der Waals surface area contributed by atoms with Crippen molar-refractivity contribution >= 4 is 29.5 Å². The van der Waals surface area contributed by atoms with Crippen molar-refractivity contribution in [1.82, 2.24) is 15.2 Å². The van der Waals surface area contributed by atoms with Gasteiger partial charge in [0.25, 0.3) is 0 Å².